The molecule has 10 N–H and O–H groups in total. The van der Waals surface area contributed by atoms with Crippen LogP contribution < -0.4 is 26.2 Å². The molecule has 8 fully saturated rings. The van der Waals surface area contributed by atoms with Gasteiger partial charge in [-0.05, 0) is 273 Å². The van der Waals surface area contributed by atoms with E-state index in [4.69, 9.17) is 9.97 Å². The first kappa shape index (κ1) is 96.1. The molecule has 5 saturated heterocycles. The van der Waals surface area contributed by atoms with Crippen LogP contribution in [0.4, 0.5) is 5.95 Å². The standard InChI is InChI=1S/C110H130N20O10S2/c1-63-95(141-61-115-63)70-20-16-66(17-21-70)55-111-103(137)90-47-79(131)59-129(90)105(139)97(119-101(135)72-24-27-76(28-25-72)126-43-34-77(35-44-126)125-39-30-68(31-40-125)73-26-29-86-83(46-73)84-49-88(121-123-99(84)117-86)81-12-8-10-14-92(81)133)108(4,5)37-38-109(6,7)98(106(140)130-60-80(132)48-91(130)104(138)112-56-67-18-22-71(23-19-67)96-64(2)116-62-142-96)120-102(136)74-51-110(52-74)53-78(54-110)127-41-32-69(33-42-127)75-57-113-107(114-58-75)128-45-36-87-94(65(128)3)85-50-89(122-124-100(85)118-87)82-13-9-11-15-93(82)134/h8-23,26,29,46,49-50,57-58,61-62,65,68-69,72,74,76-80,90-91,97-98,131-134H,24-25,27-28,30-45,47-48,51-56,59-60H2,1-7H3,(H,111,137)(H,112,138)(H,117,123)(H,118,124)(H,119,135)(H,120,136)/t65-,72?,74?,76?,78?,79-,80-,90+,91+,97-,98-,110?/m1/s1. The van der Waals surface area contributed by atoms with Crippen LogP contribution in [-0.4, -0.2) is 244 Å². The summed E-state index contributed by atoms with van der Waals surface area (Å²) < 4.78 is 0. The smallest absolute Gasteiger partial charge is 0.246 e. The number of aliphatic hydroxyl groups is 2. The molecule has 3 aliphatic carbocycles. The maximum absolute atomic E-state index is 16.1. The summed E-state index contributed by atoms with van der Waals surface area (Å²) in [6, 6.07) is 37.6. The number of aryl methyl sites for hydroxylation is 2. The number of rotatable bonds is 27. The molecule has 0 unspecified atom stereocenters. The highest BCUT2D eigenvalue weighted by Crippen LogP contribution is 2.61. The van der Waals surface area contributed by atoms with Crippen LogP contribution in [0, 0.1) is 41.9 Å². The number of benzene rings is 5. The number of β-amino-alcohol motifs (C(OH)–C–C–N with tert-alkyl or cyclic N) is 2. The van der Waals surface area contributed by atoms with Gasteiger partial charge >= 0.3 is 0 Å². The van der Waals surface area contributed by atoms with Gasteiger partial charge in [-0.15, -0.1) is 43.1 Å². The Kier molecular flexibility index (Phi) is 27.0. The van der Waals surface area contributed by atoms with Crippen molar-refractivity contribution in [1.82, 2.24) is 96.1 Å². The molecule has 0 bridgehead atoms. The highest BCUT2D eigenvalue weighted by molar-refractivity contribution is 7.13. The molecule has 5 aromatic carbocycles. The minimum atomic E-state index is -1.21. The largest absolute Gasteiger partial charge is 0.507 e. The lowest BCUT2D eigenvalue weighted by atomic mass is 9.49. The maximum atomic E-state index is 16.1. The van der Waals surface area contributed by atoms with Crippen molar-refractivity contribution in [1.29, 1.82) is 0 Å². The number of anilines is 1. The van der Waals surface area contributed by atoms with Gasteiger partial charge in [-0.2, -0.15) is 0 Å². The second-order valence-electron chi connectivity index (χ2n) is 43.5. The van der Waals surface area contributed by atoms with E-state index in [1.54, 1.807) is 46.9 Å². The first-order valence-electron chi connectivity index (χ1n) is 51.3. The second-order valence-corrected chi connectivity index (χ2v) is 45.2. The van der Waals surface area contributed by atoms with Crippen molar-refractivity contribution in [3.05, 3.63) is 196 Å². The lowest BCUT2D eigenvalue weighted by Crippen LogP contribution is -2.62. The van der Waals surface area contributed by atoms with Crippen LogP contribution in [0.15, 0.2) is 151 Å². The van der Waals surface area contributed by atoms with Gasteiger partial charge in [0.15, 0.2) is 11.3 Å². The van der Waals surface area contributed by atoms with Gasteiger partial charge in [0.1, 0.15) is 35.7 Å². The molecular formula is C110H130N20O10S2. The van der Waals surface area contributed by atoms with Crippen molar-refractivity contribution >= 4 is 97.0 Å². The fraction of sp³-hybridized carbons (Fsp3) is 0.491. The molecule has 6 amide bonds. The molecule has 9 aliphatic rings. The average Bonchev–Trinajstić information content (AvgIpc) is 1.03. The number of H-pyrrole nitrogens is 2. The van der Waals surface area contributed by atoms with Crippen molar-refractivity contribution in [2.45, 2.75) is 256 Å². The number of aromatic amines is 2. The van der Waals surface area contributed by atoms with E-state index in [-0.39, 0.29) is 92.6 Å². The summed E-state index contributed by atoms with van der Waals surface area (Å²) in [5.74, 6) is -1.41. The molecule has 0 radical (unpaired) electrons. The summed E-state index contributed by atoms with van der Waals surface area (Å²) in [4.78, 5) is 133. The number of thiazole rings is 2. The number of phenols is 2. The molecule has 742 valence electrons. The fourth-order valence-corrected chi connectivity index (χ4v) is 26.6. The zero-order valence-corrected chi connectivity index (χ0v) is 83.7. The summed E-state index contributed by atoms with van der Waals surface area (Å²) in [5.41, 5.74) is 16.7. The van der Waals surface area contributed by atoms with E-state index < -0.39 is 76.8 Å². The number of para-hydroxylation sites is 2. The number of aliphatic hydroxyl groups excluding tert-OH is 2. The van der Waals surface area contributed by atoms with Crippen molar-refractivity contribution in [3.63, 3.8) is 0 Å². The Morgan fingerprint density at radius 1 is 0.493 bits per heavy atom. The summed E-state index contributed by atoms with van der Waals surface area (Å²) in [6.07, 6.45) is 15.5. The first-order chi connectivity index (χ1) is 68.6. The van der Waals surface area contributed by atoms with Gasteiger partial charge in [0.25, 0.3) is 0 Å². The summed E-state index contributed by atoms with van der Waals surface area (Å²) in [6.45, 7) is 20.5. The molecule has 30 nitrogen and oxygen atoms in total. The van der Waals surface area contributed by atoms with E-state index in [9.17, 15) is 30.0 Å². The molecule has 21 rings (SSSR count). The number of hydrogen-bond donors (Lipinski definition) is 10. The summed E-state index contributed by atoms with van der Waals surface area (Å²) in [7, 11) is 0. The number of aromatic hydroxyl groups is 2. The molecule has 12 aromatic rings. The third kappa shape index (κ3) is 19.5. The highest BCUT2D eigenvalue weighted by Gasteiger charge is 2.58. The minimum Gasteiger partial charge on any atom is -0.507 e. The predicted octanol–water partition coefficient (Wildman–Crippen LogP) is 14.9. The van der Waals surface area contributed by atoms with Gasteiger partial charge < -0.3 is 81.1 Å². The average molecular weight is 1960 g/mol. The monoisotopic (exact) mass is 1950 g/mol. The van der Waals surface area contributed by atoms with E-state index in [2.05, 4.69) is 106 Å². The van der Waals surface area contributed by atoms with Gasteiger partial charge in [0.2, 0.25) is 41.4 Å². The molecule has 6 aliphatic heterocycles. The Morgan fingerprint density at radius 2 is 0.965 bits per heavy atom. The predicted molar refractivity (Wildman–Crippen MR) is 548 cm³/mol. The maximum Gasteiger partial charge on any atom is 0.246 e. The van der Waals surface area contributed by atoms with E-state index >= 15 is 19.2 Å². The highest BCUT2D eigenvalue weighted by atomic mass is 32.1. The molecular weight excluding hydrogens is 1830 g/mol. The van der Waals surface area contributed by atoms with E-state index in [0.29, 0.717) is 89.8 Å². The van der Waals surface area contributed by atoms with Crippen molar-refractivity contribution in [2.75, 3.05) is 63.8 Å². The Balaban J connectivity index is 0.475. The Bertz CT molecular complexity index is 6650. The van der Waals surface area contributed by atoms with Crippen molar-refractivity contribution in [2.24, 2.45) is 28.1 Å². The van der Waals surface area contributed by atoms with Crippen LogP contribution in [0.5, 0.6) is 11.5 Å². The number of aromatic nitrogens is 10. The number of fused-ring (bicyclic) bond motifs is 6. The number of likely N-dealkylation sites (tertiary alicyclic amines) is 5. The number of nitrogens with zero attached hydrogens (tertiary/aromatic N) is 14. The van der Waals surface area contributed by atoms with Crippen LogP contribution in [-0.2, 0) is 48.3 Å². The van der Waals surface area contributed by atoms with Crippen molar-refractivity contribution < 1.29 is 49.2 Å². The minimum absolute atomic E-state index is 0.00878. The number of piperidine rings is 3. The summed E-state index contributed by atoms with van der Waals surface area (Å²) in [5, 5.41) is 78.4. The topological polar surface area (TPSA) is 386 Å². The van der Waals surface area contributed by atoms with E-state index in [1.165, 1.54) is 15.4 Å². The molecule has 142 heavy (non-hydrogen) atoms. The van der Waals surface area contributed by atoms with Crippen LogP contribution >= 0.6 is 22.7 Å². The van der Waals surface area contributed by atoms with Gasteiger partial charge in [0.05, 0.1) is 61.8 Å². The number of phenolic OH excluding ortho intramolecular Hbond substituents is 2. The van der Waals surface area contributed by atoms with E-state index in [1.807, 2.05) is 150 Å². The quantitative estimate of drug-likeness (QED) is 0.0229. The Labute approximate surface area is 835 Å². The van der Waals surface area contributed by atoms with Crippen molar-refractivity contribution in [3.8, 4) is 54.9 Å². The van der Waals surface area contributed by atoms with Gasteiger partial charge in [-0.25, -0.2) is 19.9 Å². The third-order valence-corrected chi connectivity index (χ3v) is 35.6. The number of carbonyl (C=O) groups excluding carboxylic acids is 6. The van der Waals surface area contributed by atoms with Gasteiger partial charge in [-0.1, -0.05) is 107 Å². The lowest BCUT2D eigenvalue weighted by Gasteiger charge is -2.60. The van der Waals surface area contributed by atoms with Crippen LogP contribution in [0.25, 0.3) is 76.4 Å². The Hall–Kier alpha value is -12.0. The zero-order valence-electron chi connectivity index (χ0n) is 82.0. The molecule has 13 heterocycles. The lowest BCUT2D eigenvalue weighted by molar-refractivity contribution is -0.151. The number of nitrogens with one attached hydrogen (secondary N) is 6. The fourth-order valence-electron chi connectivity index (χ4n) is 25.0. The summed E-state index contributed by atoms with van der Waals surface area (Å²) >= 11 is 3.12. The molecule has 7 atom stereocenters. The third-order valence-electron chi connectivity index (χ3n) is 33.6. The second kappa shape index (κ2) is 39.9. The number of carbonyl (C=O) groups is 6. The number of hydrogen-bond acceptors (Lipinski definition) is 24. The van der Waals surface area contributed by atoms with Crippen LogP contribution in [0.3, 0.4) is 0 Å². The Morgan fingerprint density at radius 3 is 1.47 bits per heavy atom. The van der Waals surface area contributed by atoms with Crippen LogP contribution in [0.1, 0.15) is 213 Å². The van der Waals surface area contributed by atoms with Gasteiger partial charge in [0, 0.05) is 138 Å². The number of amides is 6. The van der Waals surface area contributed by atoms with Crippen LogP contribution in [0.2, 0.25) is 0 Å². The molecule has 32 heteroatoms. The molecule has 7 aromatic heterocycles. The molecule has 3 saturated carbocycles. The molecule has 1 spiro atoms. The zero-order chi connectivity index (χ0) is 98.1. The normalized spacial score (nSPS) is 24.0. The first-order valence-corrected chi connectivity index (χ1v) is 53.0. The van der Waals surface area contributed by atoms with E-state index in [0.717, 1.165) is 204 Å². The SMILES string of the molecule is Cc1ncsc1-c1ccc(CNC(=O)[C@@H]2C[C@@H](O)CN2C(=O)[C@@H](NC(=O)C2CCC(N3CCC(N4CCC(c5ccc6[nH]c7nnc(-c8ccccc8O)cc7c6c5)CC4)CC3)CC2)C(C)(C)CCC(C)(C)[C@H](NC(=O)C2CC3(C2)CC(N2CCC(c4cnc(N5CCc6[nH]c7nnc(-c8ccccc8O)cc7c6[C@H]5C)nc4)CC2)C3)C(=O)N2C[C@H](O)C[C@H]2C(=O)NCc2ccc(-c3scnc3C)cc2)cc1. The van der Waals surface area contributed by atoms with Gasteiger partial charge in [-0.3, -0.25) is 28.8 Å².